The molecule has 5 nitrogen and oxygen atoms in total. The van der Waals surface area contributed by atoms with Crippen molar-refractivity contribution in [2.24, 2.45) is 5.92 Å². The van der Waals surface area contributed by atoms with Crippen LogP contribution in [0, 0.1) is 11.7 Å². The summed E-state index contributed by atoms with van der Waals surface area (Å²) in [6, 6.07) is 4.25. The second-order valence-electron chi connectivity index (χ2n) is 5.66. The highest BCUT2D eigenvalue weighted by Gasteiger charge is 2.15. The molecule has 7 heteroatoms. The summed E-state index contributed by atoms with van der Waals surface area (Å²) < 4.78 is 15.6. The Labute approximate surface area is 139 Å². The highest BCUT2D eigenvalue weighted by Crippen LogP contribution is 2.18. The summed E-state index contributed by atoms with van der Waals surface area (Å²) in [6.45, 7) is 4.95. The van der Waals surface area contributed by atoms with E-state index in [-0.39, 0.29) is 24.2 Å². The number of nitrogens with zero attached hydrogens (tertiary/aromatic N) is 2. The number of nitrogens with one attached hydrogen (secondary N) is 2. The van der Waals surface area contributed by atoms with Gasteiger partial charge in [0.1, 0.15) is 5.82 Å². The number of amides is 1. The molecule has 2 aromatic rings. The van der Waals surface area contributed by atoms with Crippen molar-refractivity contribution in [1.82, 2.24) is 14.9 Å². The zero-order chi connectivity index (χ0) is 16.8. The highest BCUT2D eigenvalue weighted by atomic mass is 35.5. The Morgan fingerprint density at radius 3 is 2.83 bits per heavy atom. The molecule has 1 aromatic heterocycles. The molecule has 1 heterocycles. The van der Waals surface area contributed by atoms with Crippen molar-refractivity contribution in [2.45, 2.75) is 26.4 Å². The summed E-state index contributed by atoms with van der Waals surface area (Å²) in [6.07, 6.45) is 5.33. The van der Waals surface area contributed by atoms with Gasteiger partial charge in [0.25, 0.3) is 0 Å². The minimum atomic E-state index is -0.551. The van der Waals surface area contributed by atoms with Gasteiger partial charge in [0, 0.05) is 30.0 Å². The lowest BCUT2D eigenvalue weighted by molar-refractivity contribution is -0.115. The zero-order valence-electron chi connectivity index (χ0n) is 13.1. The predicted molar refractivity (Wildman–Crippen MR) is 88.9 cm³/mol. The molecule has 23 heavy (non-hydrogen) atoms. The van der Waals surface area contributed by atoms with Crippen LogP contribution in [0.4, 0.5) is 10.1 Å². The predicted octanol–water partition coefficient (Wildman–Crippen LogP) is 2.93. The van der Waals surface area contributed by atoms with Crippen LogP contribution < -0.4 is 10.6 Å². The smallest absolute Gasteiger partial charge is 0.238 e. The van der Waals surface area contributed by atoms with Crippen LogP contribution in [-0.4, -0.2) is 28.0 Å². The Morgan fingerprint density at radius 2 is 2.22 bits per heavy atom. The van der Waals surface area contributed by atoms with Crippen LogP contribution in [0.25, 0.3) is 0 Å². The van der Waals surface area contributed by atoms with Gasteiger partial charge in [-0.15, -0.1) is 0 Å². The normalized spacial score (nSPS) is 12.4. The second kappa shape index (κ2) is 8.08. The lowest BCUT2D eigenvalue weighted by Gasteiger charge is -2.22. The zero-order valence-corrected chi connectivity index (χ0v) is 13.8. The van der Waals surface area contributed by atoms with E-state index in [2.05, 4.69) is 29.5 Å². The standard InChI is InChI=1S/C16H20ClFN4O/c1-11(2)15(9-22-6-5-19-10-22)20-8-16(23)21-14-4-3-12(17)7-13(14)18/h3-7,10-11,15,20H,8-9H2,1-2H3,(H,21,23). The van der Waals surface area contributed by atoms with Gasteiger partial charge in [-0.2, -0.15) is 0 Å². The Balaban J connectivity index is 1.88. The molecule has 1 aromatic carbocycles. The highest BCUT2D eigenvalue weighted by molar-refractivity contribution is 6.30. The fraction of sp³-hybridized carbons (Fsp3) is 0.375. The van der Waals surface area contributed by atoms with Gasteiger partial charge in [-0.25, -0.2) is 9.37 Å². The number of carbonyl (C=O) groups is 1. The summed E-state index contributed by atoms with van der Waals surface area (Å²) >= 11 is 5.69. The molecule has 1 unspecified atom stereocenters. The maximum absolute atomic E-state index is 13.7. The van der Waals surface area contributed by atoms with Gasteiger partial charge in [0.05, 0.1) is 18.6 Å². The van der Waals surface area contributed by atoms with Crippen molar-refractivity contribution in [1.29, 1.82) is 0 Å². The molecule has 0 aliphatic heterocycles. The largest absolute Gasteiger partial charge is 0.336 e. The molecule has 0 aliphatic rings. The van der Waals surface area contributed by atoms with E-state index in [1.165, 1.54) is 18.2 Å². The van der Waals surface area contributed by atoms with E-state index in [1.807, 2.05) is 10.8 Å². The van der Waals surface area contributed by atoms with Crippen LogP contribution in [0.2, 0.25) is 5.02 Å². The molecule has 1 amide bonds. The average molecular weight is 339 g/mol. The molecular weight excluding hydrogens is 319 g/mol. The lowest BCUT2D eigenvalue weighted by atomic mass is 10.0. The van der Waals surface area contributed by atoms with E-state index >= 15 is 0 Å². The Hall–Kier alpha value is -1.92. The number of anilines is 1. The van der Waals surface area contributed by atoms with Gasteiger partial charge in [0.2, 0.25) is 5.91 Å². The monoisotopic (exact) mass is 338 g/mol. The topological polar surface area (TPSA) is 59.0 Å². The first kappa shape index (κ1) is 17.4. The molecule has 2 rings (SSSR count). The van der Waals surface area contributed by atoms with E-state index < -0.39 is 5.82 Å². The molecule has 0 saturated heterocycles. The number of hydrogen-bond donors (Lipinski definition) is 2. The van der Waals surface area contributed by atoms with Crippen molar-refractivity contribution in [3.8, 4) is 0 Å². The van der Waals surface area contributed by atoms with E-state index in [9.17, 15) is 9.18 Å². The summed E-state index contributed by atoms with van der Waals surface area (Å²) in [5.74, 6) is -0.523. The van der Waals surface area contributed by atoms with Crippen molar-refractivity contribution in [3.05, 3.63) is 47.8 Å². The molecule has 0 saturated carbocycles. The first-order valence-corrected chi connectivity index (χ1v) is 7.77. The lowest BCUT2D eigenvalue weighted by Crippen LogP contribution is -2.41. The van der Waals surface area contributed by atoms with Crippen LogP contribution in [0.1, 0.15) is 13.8 Å². The average Bonchev–Trinajstić information content (AvgIpc) is 2.99. The van der Waals surface area contributed by atoms with Crippen LogP contribution in [-0.2, 0) is 11.3 Å². The number of benzene rings is 1. The molecule has 124 valence electrons. The van der Waals surface area contributed by atoms with Crippen LogP contribution in [0.5, 0.6) is 0 Å². The van der Waals surface area contributed by atoms with Crippen LogP contribution in [0.3, 0.4) is 0 Å². The summed E-state index contributed by atoms with van der Waals surface area (Å²) in [7, 11) is 0. The van der Waals surface area contributed by atoms with E-state index in [0.29, 0.717) is 17.5 Å². The first-order valence-electron chi connectivity index (χ1n) is 7.39. The second-order valence-corrected chi connectivity index (χ2v) is 6.10. The van der Waals surface area contributed by atoms with E-state index in [1.54, 1.807) is 12.5 Å². The fourth-order valence-electron chi connectivity index (χ4n) is 2.14. The fourth-order valence-corrected chi connectivity index (χ4v) is 2.30. The van der Waals surface area contributed by atoms with Crippen molar-refractivity contribution >= 4 is 23.2 Å². The SMILES string of the molecule is CC(C)C(Cn1ccnc1)NCC(=O)Nc1ccc(Cl)cc1F. The third-order valence-electron chi connectivity index (χ3n) is 3.50. The summed E-state index contributed by atoms with van der Waals surface area (Å²) in [4.78, 5) is 16.0. The van der Waals surface area contributed by atoms with Gasteiger partial charge >= 0.3 is 0 Å². The summed E-state index contributed by atoms with van der Waals surface area (Å²) in [5, 5.41) is 6.03. The Kier molecular flexibility index (Phi) is 6.12. The minimum absolute atomic E-state index is 0.0968. The molecule has 0 spiro atoms. The van der Waals surface area contributed by atoms with Gasteiger partial charge in [-0.05, 0) is 24.1 Å². The van der Waals surface area contributed by atoms with Crippen molar-refractivity contribution in [3.63, 3.8) is 0 Å². The van der Waals surface area contributed by atoms with Gasteiger partial charge in [-0.3, -0.25) is 4.79 Å². The number of imidazole rings is 1. The van der Waals surface area contributed by atoms with E-state index in [4.69, 9.17) is 11.6 Å². The molecular formula is C16H20ClFN4O. The molecule has 0 aliphatic carbocycles. The molecule has 1 atom stereocenters. The van der Waals surface area contributed by atoms with Crippen molar-refractivity contribution < 1.29 is 9.18 Å². The molecule has 0 fully saturated rings. The third-order valence-corrected chi connectivity index (χ3v) is 3.74. The number of carbonyl (C=O) groups excluding carboxylic acids is 1. The maximum Gasteiger partial charge on any atom is 0.238 e. The first-order chi connectivity index (χ1) is 11.0. The van der Waals surface area contributed by atoms with Crippen LogP contribution in [0.15, 0.2) is 36.9 Å². The Bertz CT molecular complexity index is 646. The molecule has 0 radical (unpaired) electrons. The minimum Gasteiger partial charge on any atom is -0.336 e. The number of halogens is 2. The number of aromatic nitrogens is 2. The number of rotatable bonds is 7. The Morgan fingerprint density at radius 1 is 1.43 bits per heavy atom. The van der Waals surface area contributed by atoms with Gasteiger partial charge in [-0.1, -0.05) is 25.4 Å². The van der Waals surface area contributed by atoms with Crippen molar-refractivity contribution in [2.75, 3.05) is 11.9 Å². The maximum atomic E-state index is 13.7. The number of hydrogen-bond acceptors (Lipinski definition) is 3. The van der Waals surface area contributed by atoms with E-state index in [0.717, 1.165) is 0 Å². The quantitative estimate of drug-likeness (QED) is 0.816. The van der Waals surface area contributed by atoms with Crippen LogP contribution >= 0.6 is 11.6 Å². The van der Waals surface area contributed by atoms with Gasteiger partial charge < -0.3 is 15.2 Å². The summed E-state index contributed by atoms with van der Waals surface area (Å²) in [5.41, 5.74) is 0.122. The molecule has 0 bridgehead atoms. The molecule has 2 N–H and O–H groups in total. The van der Waals surface area contributed by atoms with Gasteiger partial charge in [0.15, 0.2) is 0 Å². The third kappa shape index (κ3) is 5.33.